The van der Waals surface area contributed by atoms with Crippen LogP contribution in [-0.2, 0) is 6.54 Å². The van der Waals surface area contributed by atoms with Gasteiger partial charge in [0.25, 0.3) is 6.43 Å². The quantitative estimate of drug-likeness (QED) is 0.532. The molecule has 0 fully saturated rings. The van der Waals surface area contributed by atoms with E-state index in [1.807, 2.05) is 0 Å². The number of nitro groups is 1. The van der Waals surface area contributed by atoms with E-state index < -0.39 is 17.9 Å². The maximum Gasteiger partial charge on any atom is 0.310 e. The molecular weight excluding hydrogens is 184 g/mol. The van der Waals surface area contributed by atoms with Crippen molar-refractivity contribution in [3.05, 3.63) is 28.9 Å². The van der Waals surface area contributed by atoms with Crippen molar-refractivity contribution in [1.29, 1.82) is 0 Å². The molecule has 0 aliphatic rings. The first-order valence-corrected chi connectivity index (χ1v) is 3.32. The molecule has 13 heavy (non-hydrogen) atoms. The normalized spacial score (nSPS) is 10.8. The first-order chi connectivity index (χ1) is 6.02. The van der Waals surface area contributed by atoms with Crippen molar-refractivity contribution in [2.75, 3.05) is 0 Å². The van der Waals surface area contributed by atoms with Crippen LogP contribution in [-0.4, -0.2) is 21.1 Å². The summed E-state index contributed by atoms with van der Waals surface area (Å²) >= 11 is 0. The third kappa shape index (κ3) is 1.98. The minimum Gasteiger partial charge on any atom is -0.258 e. The molecule has 1 aromatic heterocycles. The van der Waals surface area contributed by atoms with Gasteiger partial charge in [0, 0.05) is 6.92 Å². The number of nitrogens with zero attached hydrogens (tertiary/aromatic N) is 3. The molecule has 0 spiro atoms. The molecule has 0 amide bonds. The second kappa shape index (κ2) is 3.46. The van der Waals surface area contributed by atoms with Crippen molar-refractivity contribution < 1.29 is 13.7 Å². The van der Waals surface area contributed by atoms with Gasteiger partial charge in [0.05, 0.1) is 4.92 Å². The molecule has 0 saturated heterocycles. The van der Waals surface area contributed by atoms with Crippen LogP contribution in [0.4, 0.5) is 14.5 Å². The van der Waals surface area contributed by atoms with Gasteiger partial charge >= 0.3 is 5.69 Å². The lowest BCUT2D eigenvalue weighted by Crippen LogP contribution is -2.09. The highest BCUT2D eigenvalue weighted by Gasteiger charge is 2.18. The molecule has 0 aliphatic heterocycles. The van der Waals surface area contributed by atoms with Gasteiger partial charge in [-0.2, -0.15) is 5.10 Å². The van der Waals surface area contributed by atoms with Gasteiger partial charge in [-0.3, -0.25) is 14.8 Å². The summed E-state index contributed by atoms with van der Waals surface area (Å²) in [6, 6.07) is 0. The highest BCUT2D eigenvalue weighted by atomic mass is 19.3. The van der Waals surface area contributed by atoms with E-state index in [1.165, 1.54) is 0 Å². The van der Waals surface area contributed by atoms with Crippen LogP contribution >= 0.6 is 0 Å². The van der Waals surface area contributed by atoms with Crippen molar-refractivity contribution in [1.82, 2.24) is 9.78 Å². The van der Waals surface area contributed by atoms with Gasteiger partial charge in [-0.25, -0.2) is 8.78 Å². The fourth-order valence-corrected chi connectivity index (χ4v) is 0.841. The Morgan fingerprint density at radius 2 is 2.38 bits per heavy atom. The van der Waals surface area contributed by atoms with Crippen LogP contribution in [0, 0.1) is 17.0 Å². The molecule has 0 saturated carbocycles. The summed E-state index contributed by atoms with van der Waals surface area (Å²) in [4.78, 5) is 9.53. The van der Waals surface area contributed by atoms with E-state index in [1.54, 1.807) is 0 Å². The topological polar surface area (TPSA) is 61.0 Å². The van der Waals surface area contributed by atoms with Crippen LogP contribution in [0.1, 0.15) is 5.69 Å². The Labute approximate surface area is 72.1 Å². The third-order valence-electron chi connectivity index (χ3n) is 1.43. The monoisotopic (exact) mass is 190 g/mol. The second-order valence-corrected chi connectivity index (χ2v) is 2.31. The highest BCUT2D eigenvalue weighted by molar-refractivity contribution is 5.34. The lowest BCUT2D eigenvalue weighted by Gasteiger charge is -2.00. The number of hydrogen-bond donors (Lipinski definition) is 0. The molecule has 0 unspecified atom stereocenters. The van der Waals surface area contributed by atoms with E-state index in [0.717, 1.165) is 10.9 Å². The van der Waals surface area contributed by atoms with Crippen molar-refractivity contribution >= 4 is 5.69 Å². The summed E-state index contributed by atoms with van der Waals surface area (Å²) < 4.78 is 24.5. The molecule has 0 aliphatic carbocycles. The molecule has 0 N–H and O–H groups in total. The summed E-state index contributed by atoms with van der Waals surface area (Å²) in [6.45, 7) is 2.61. The van der Waals surface area contributed by atoms with Gasteiger partial charge in [-0.1, -0.05) is 0 Å². The summed E-state index contributed by atoms with van der Waals surface area (Å²) in [5, 5.41) is 13.7. The molecule has 0 bridgehead atoms. The summed E-state index contributed by atoms with van der Waals surface area (Å²) in [5.74, 6) is 0. The van der Waals surface area contributed by atoms with Crippen LogP contribution in [0.25, 0.3) is 0 Å². The van der Waals surface area contributed by atoms with E-state index in [2.05, 4.69) is 12.0 Å². The number of halogens is 2. The van der Waals surface area contributed by atoms with E-state index in [0.29, 0.717) is 0 Å². The molecular formula is C6H6F2N3O2. The molecule has 1 rings (SSSR count). The average Bonchev–Trinajstić information content (AvgIpc) is 2.32. The van der Waals surface area contributed by atoms with Crippen LogP contribution in [0.2, 0.25) is 0 Å². The molecule has 1 radical (unpaired) electrons. The van der Waals surface area contributed by atoms with Gasteiger partial charge in [0.15, 0.2) is 0 Å². The van der Waals surface area contributed by atoms with Crippen molar-refractivity contribution in [2.45, 2.75) is 13.0 Å². The Morgan fingerprint density at radius 1 is 1.77 bits per heavy atom. The predicted molar refractivity (Wildman–Crippen MR) is 39.3 cm³/mol. The zero-order valence-corrected chi connectivity index (χ0v) is 6.48. The Balaban J connectivity index is 2.93. The molecule has 71 valence electrons. The molecule has 1 heterocycles. The van der Waals surface area contributed by atoms with Crippen LogP contribution in [0.3, 0.4) is 0 Å². The maximum absolute atomic E-state index is 11.9. The SMILES string of the molecule is [CH2]c1c([N+](=O)[O-])cnn1CC(F)F. The second-order valence-electron chi connectivity index (χ2n) is 2.31. The van der Waals surface area contributed by atoms with E-state index in [9.17, 15) is 18.9 Å². The Hall–Kier alpha value is -1.53. The minimum absolute atomic E-state index is 0.106. The average molecular weight is 190 g/mol. The zero-order valence-electron chi connectivity index (χ0n) is 6.48. The summed E-state index contributed by atoms with van der Waals surface area (Å²) in [7, 11) is 0. The van der Waals surface area contributed by atoms with Crippen LogP contribution in [0.5, 0.6) is 0 Å². The first-order valence-electron chi connectivity index (χ1n) is 3.32. The van der Waals surface area contributed by atoms with Crippen LogP contribution in [0.15, 0.2) is 6.20 Å². The Bertz CT molecular complexity index is 324. The number of rotatable bonds is 3. The van der Waals surface area contributed by atoms with Crippen molar-refractivity contribution in [3.63, 3.8) is 0 Å². The molecule has 7 heteroatoms. The minimum atomic E-state index is -2.60. The van der Waals surface area contributed by atoms with Crippen LogP contribution < -0.4 is 0 Å². The predicted octanol–water partition coefficient (Wildman–Crippen LogP) is 1.24. The van der Waals surface area contributed by atoms with Crippen molar-refractivity contribution in [2.24, 2.45) is 0 Å². The van der Waals surface area contributed by atoms with Gasteiger partial charge in [0.1, 0.15) is 18.4 Å². The summed E-state index contributed by atoms with van der Waals surface area (Å²) in [6.07, 6.45) is -1.69. The van der Waals surface area contributed by atoms with Crippen molar-refractivity contribution in [3.8, 4) is 0 Å². The van der Waals surface area contributed by atoms with Gasteiger partial charge in [-0.15, -0.1) is 0 Å². The fraction of sp³-hybridized carbons (Fsp3) is 0.333. The molecule has 0 aromatic carbocycles. The van der Waals surface area contributed by atoms with Gasteiger partial charge in [-0.05, 0) is 0 Å². The number of alkyl halides is 2. The zero-order chi connectivity index (χ0) is 10.0. The van der Waals surface area contributed by atoms with E-state index >= 15 is 0 Å². The summed E-state index contributed by atoms with van der Waals surface area (Å²) in [5.41, 5.74) is -0.453. The smallest absolute Gasteiger partial charge is 0.258 e. The molecule has 0 atom stereocenters. The highest BCUT2D eigenvalue weighted by Crippen LogP contribution is 2.16. The third-order valence-corrected chi connectivity index (χ3v) is 1.43. The van der Waals surface area contributed by atoms with E-state index in [4.69, 9.17) is 0 Å². The largest absolute Gasteiger partial charge is 0.310 e. The number of aromatic nitrogens is 2. The lowest BCUT2D eigenvalue weighted by atomic mass is 10.4. The van der Waals surface area contributed by atoms with Gasteiger partial charge < -0.3 is 0 Å². The number of hydrogen-bond acceptors (Lipinski definition) is 3. The standard InChI is InChI=1S/C6H6F2N3O2/c1-4-5(11(12)13)2-9-10(4)3-6(7)8/h2,6H,1,3H2. The maximum atomic E-state index is 11.9. The Kier molecular flexibility index (Phi) is 2.54. The lowest BCUT2D eigenvalue weighted by molar-refractivity contribution is -0.385. The Morgan fingerprint density at radius 3 is 2.77 bits per heavy atom. The molecule has 5 nitrogen and oxygen atoms in total. The van der Waals surface area contributed by atoms with E-state index in [-0.39, 0.29) is 11.4 Å². The first kappa shape index (κ1) is 9.56. The van der Waals surface area contributed by atoms with Gasteiger partial charge in [0.2, 0.25) is 0 Å². The molecule has 1 aromatic rings. The fourth-order valence-electron chi connectivity index (χ4n) is 0.841.